The van der Waals surface area contributed by atoms with Gasteiger partial charge in [0.15, 0.2) is 0 Å². The van der Waals surface area contributed by atoms with Gasteiger partial charge in [-0.05, 0) is 31.4 Å². The number of nitrogens with zero attached hydrogens (tertiary/aromatic N) is 3. The van der Waals surface area contributed by atoms with E-state index in [0.29, 0.717) is 38.2 Å². The highest BCUT2D eigenvalue weighted by molar-refractivity contribution is 5.93. The average Bonchev–Trinajstić information content (AvgIpc) is 3.30. The molecule has 1 N–H and O–H groups in total. The molecule has 5 rings (SSSR count). The first-order valence-electron chi connectivity index (χ1n) is 9.89. The summed E-state index contributed by atoms with van der Waals surface area (Å²) in [7, 11) is 1.76. The summed E-state index contributed by atoms with van der Waals surface area (Å²) in [5.74, 6) is -0.947. The third kappa shape index (κ3) is 2.39. The number of hydrogen-bond acceptors (Lipinski definition) is 5. The van der Waals surface area contributed by atoms with Crippen LogP contribution in [-0.4, -0.2) is 70.1 Å². The van der Waals surface area contributed by atoms with Crippen LogP contribution in [0.3, 0.4) is 0 Å². The number of carbonyl (C=O) groups excluding carboxylic acids is 2. The molecular weight excluding hydrogens is 358 g/mol. The highest BCUT2D eigenvalue weighted by Gasteiger charge is 2.66. The van der Waals surface area contributed by atoms with E-state index in [4.69, 9.17) is 4.74 Å². The van der Waals surface area contributed by atoms with Crippen LogP contribution < -0.4 is 0 Å². The van der Waals surface area contributed by atoms with Crippen LogP contribution in [0.5, 0.6) is 0 Å². The van der Waals surface area contributed by atoms with Crippen molar-refractivity contribution in [2.75, 3.05) is 26.7 Å². The second-order valence-corrected chi connectivity index (χ2v) is 8.67. The first-order valence-corrected chi connectivity index (χ1v) is 9.89. The van der Waals surface area contributed by atoms with Crippen LogP contribution in [0.4, 0.5) is 0 Å². The topological polar surface area (TPSA) is 83.0 Å². The first kappa shape index (κ1) is 17.8. The summed E-state index contributed by atoms with van der Waals surface area (Å²) in [6, 6.07) is 3.80. The molecule has 4 aliphatic rings. The van der Waals surface area contributed by atoms with Crippen molar-refractivity contribution in [3.8, 4) is 0 Å². The number of aryl methyl sites for hydroxylation is 1. The molecule has 0 saturated carbocycles. The number of aliphatic hydroxyl groups is 1. The van der Waals surface area contributed by atoms with Gasteiger partial charge in [-0.15, -0.1) is 0 Å². The highest BCUT2D eigenvalue weighted by atomic mass is 16.5. The van der Waals surface area contributed by atoms with Gasteiger partial charge in [-0.3, -0.25) is 14.6 Å². The van der Waals surface area contributed by atoms with E-state index in [1.807, 2.05) is 31.2 Å². The predicted octanol–water partition coefficient (Wildman–Crippen LogP) is 0.612. The highest BCUT2D eigenvalue weighted by Crippen LogP contribution is 2.52. The molecule has 4 aliphatic heterocycles. The van der Waals surface area contributed by atoms with E-state index < -0.39 is 23.0 Å². The van der Waals surface area contributed by atoms with Crippen molar-refractivity contribution >= 4 is 11.8 Å². The van der Waals surface area contributed by atoms with Crippen LogP contribution >= 0.6 is 0 Å². The van der Waals surface area contributed by atoms with Crippen molar-refractivity contribution in [3.05, 3.63) is 41.7 Å². The number of aromatic nitrogens is 1. The molecule has 1 aromatic rings. The molecule has 148 valence electrons. The molecule has 1 spiro atoms. The number of amides is 2. The van der Waals surface area contributed by atoms with Crippen LogP contribution in [-0.2, 0) is 19.9 Å². The predicted molar refractivity (Wildman–Crippen MR) is 100 cm³/mol. The fraction of sp³-hybridized carbons (Fsp3) is 0.571. The minimum absolute atomic E-state index is 0.0115. The Morgan fingerprint density at radius 2 is 2.07 bits per heavy atom. The SMILES string of the molecule is Cc1ccc(C2(O)CCN(C(=O)[C@H]3[C@@H]4C=C[C@@]5(CN(C)C(=O)[C@@H]35)O4)CC2)nc1. The maximum Gasteiger partial charge on any atom is 0.229 e. The molecule has 0 radical (unpaired) electrons. The normalized spacial score (nSPS) is 35.5. The molecule has 5 heterocycles. The van der Waals surface area contributed by atoms with Crippen molar-refractivity contribution in [1.82, 2.24) is 14.8 Å². The molecule has 2 bridgehead atoms. The lowest BCUT2D eigenvalue weighted by Gasteiger charge is -2.39. The third-order valence-electron chi connectivity index (χ3n) is 6.87. The molecular formula is C21H25N3O4. The Bertz CT molecular complexity index is 859. The zero-order valence-electron chi connectivity index (χ0n) is 16.2. The number of fused-ring (bicyclic) bond motifs is 1. The summed E-state index contributed by atoms with van der Waals surface area (Å²) in [6.07, 6.45) is 6.20. The quantitative estimate of drug-likeness (QED) is 0.757. The van der Waals surface area contributed by atoms with Gasteiger partial charge in [0.2, 0.25) is 11.8 Å². The Labute approximate surface area is 164 Å². The van der Waals surface area contributed by atoms with Gasteiger partial charge in [0, 0.05) is 26.3 Å². The summed E-state index contributed by atoms with van der Waals surface area (Å²) in [5, 5.41) is 11.0. The smallest absolute Gasteiger partial charge is 0.229 e. The zero-order chi connectivity index (χ0) is 19.7. The zero-order valence-corrected chi connectivity index (χ0v) is 16.2. The number of ether oxygens (including phenoxy) is 1. The van der Waals surface area contributed by atoms with Crippen LogP contribution in [0.1, 0.15) is 24.1 Å². The number of pyridine rings is 1. The second-order valence-electron chi connectivity index (χ2n) is 8.67. The number of carbonyl (C=O) groups is 2. The number of piperidine rings is 1. The molecule has 7 nitrogen and oxygen atoms in total. The van der Waals surface area contributed by atoms with Gasteiger partial charge in [0.25, 0.3) is 0 Å². The van der Waals surface area contributed by atoms with Crippen molar-refractivity contribution in [3.63, 3.8) is 0 Å². The summed E-state index contributed by atoms with van der Waals surface area (Å²) in [5.41, 5.74) is 0.0478. The standard InChI is InChI=1S/C21H25N3O4/c1-13-3-4-15(22-11-13)20(27)7-9-24(10-8-20)18(25)16-14-5-6-21(28-14)12-23(2)19(26)17(16)21/h3-6,11,14,16-17,27H,7-10,12H2,1-2H3/t14-,16-,17+,21-/m0/s1. The Morgan fingerprint density at radius 1 is 1.32 bits per heavy atom. The molecule has 3 saturated heterocycles. The van der Waals surface area contributed by atoms with E-state index in [2.05, 4.69) is 4.98 Å². The summed E-state index contributed by atoms with van der Waals surface area (Å²) in [4.78, 5) is 33.8. The van der Waals surface area contributed by atoms with Crippen molar-refractivity contribution < 1.29 is 19.4 Å². The Hall–Kier alpha value is -2.25. The number of likely N-dealkylation sites (tertiary alicyclic amines) is 2. The molecule has 0 aliphatic carbocycles. The number of likely N-dealkylation sites (N-methyl/N-ethyl adjacent to an activating group) is 1. The molecule has 2 amide bonds. The summed E-state index contributed by atoms with van der Waals surface area (Å²) >= 11 is 0. The average molecular weight is 383 g/mol. The Balaban J connectivity index is 1.32. The van der Waals surface area contributed by atoms with Gasteiger partial charge >= 0.3 is 0 Å². The third-order valence-corrected chi connectivity index (χ3v) is 6.87. The van der Waals surface area contributed by atoms with Crippen molar-refractivity contribution in [2.45, 2.75) is 37.1 Å². The van der Waals surface area contributed by atoms with Crippen molar-refractivity contribution in [1.29, 1.82) is 0 Å². The molecule has 7 heteroatoms. The van der Waals surface area contributed by atoms with Crippen LogP contribution in [0.2, 0.25) is 0 Å². The molecule has 3 fully saturated rings. The fourth-order valence-electron chi connectivity index (χ4n) is 5.28. The number of hydrogen-bond donors (Lipinski definition) is 1. The first-order chi connectivity index (χ1) is 13.3. The van der Waals surface area contributed by atoms with Crippen LogP contribution in [0, 0.1) is 18.8 Å². The van der Waals surface area contributed by atoms with Gasteiger partial charge in [0.05, 0.1) is 30.2 Å². The minimum Gasteiger partial charge on any atom is -0.383 e. The number of rotatable bonds is 2. The monoisotopic (exact) mass is 383 g/mol. The van der Waals surface area contributed by atoms with E-state index in [9.17, 15) is 14.7 Å². The lowest BCUT2D eigenvalue weighted by atomic mass is 9.76. The lowest BCUT2D eigenvalue weighted by Crippen LogP contribution is -2.51. The maximum atomic E-state index is 13.3. The van der Waals surface area contributed by atoms with E-state index in [1.54, 1.807) is 23.0 Å². The van der Waals surface area contributed by atoms with Gasteiger partial charge in [-0.1, -0.05) is 18.2 Å². The Morgan fingerprint density at radius 3 is 2.75 bits per heavy atom. The van der Waals surface area contributed by atoms with Crippen LogP contribution in [0.25, 0.3) is 0 Å². The van der Waals surface area contributed by atoms with Gasteiger partial charge < -0.3 is 19.6 Å². The molecule has 4 atom stereocenters. The van der Waals surface area contributed by atoms with E-state index in [-0.39, 0.29) is 17.9 Å². The van der Waals surface area contributed by atoms with E-state index >= 15 is 0 Å². The largest absolute Gasteiger partial charge is 0.383 e. The fourth-order valence-corrected chi connectivity index (χ4v) is 5.28. The van der Waals surface area contributed by atoms with Gasteiger partial charge in [-0.25, -0.2) is 0 Å². The Kier molecular flexibility index (Phi) is 3.74. The van der Waals surface area contributed by atoms with Crippen molar-refractivity contribution in [2.24, 2.45) is 11.8 Å². The van der Waals surface area contributed by atoms with Gasteiger partial charge in [-0.2, -0.15) is 0 Å². The van der Waals surface area contributed by atoms with E-state index in [0.717, 1.165) is 5.56 Å². The lowest BCUT2D eigenvalue weighted by molar-refractivity contribution is -0.146. The summed E-state index contributed by atoms with van der Waals surface area (Å²) < 4.78 is 6.09. The summed E-state index contributed by atoms with van der Waals surface area (Å²) in [6.45, 7) is 3.36. The molecule has 0 aromatic carbocycles. The minimum atomic E-state index is -1.01. The van der Waals surface area contributed by atoms with Crippen LogP contribution in [0.15, 0.2) is 30.5 Å². The second kappa shape index (κ2) is 5.87. The maximum absolute atomic E-state index is 13.3. The molecule has 0 unspecified atom stereocenters. The molecule has 1 aromatic heterocycles. The van der Waals surface area contributed by atoms with Gasteiger partial charge in [0.1, 0.15) is 11.2 Å². The van der Waals surface area contributed by atoms with E-state index in [1.165, 1.54) is 0 Å². The molecule has 28 heavy (non-hydrogen) atoms.